The first-order chi connectivity index (χ1) is 26.3. The summed E-state index contributed by atoms with van der Waals surface area (Å²) in [5, 5.41) is 12.9. The van der Waals surface area contributed by atoms with Crippen LogP contribution in [-0.2, 0) is 17.6 Å². The average Bonchev–Trinajstić information content (AvgIpc) is 3.44. The summed E-state index contributed by atoms with van der Waals surface area (Å²) in [4.78, 5) is 45.0. The lowest BCUT2D eigenvalue weighted by Crippen LogP contribution is -2.51. The molecule has 0 aromatic heterocycles. The standard InChI is InChI=1S/C46H50N4O4/c1-31-12-23-42(44(52)47-31)50-45(53)40-21-18-36(30-41(40)46(50)54)49-27-25-48(26-28-49)24-8-3-2-5-9-32-13-15-34(16-14-32)43-38(33-10-6-4-7-11-33)20-17-35-29-37(51)19-22-39(35)43/h4,6-7,10-11,13-16,18-19,21-22,29-30,38,42-43,51H,1-3,5,8-9,12,17,20,23-28H2,(H,47,52)/t38-,42?,43+/m1/s1. The zero-order valence-electron chi connectivity index (χ0n) is 31.0. The molecular weight excluding hydrogens is 673 g/mol. The van der Waals surface area contributed by atoms with Gasteiger partial charge in [0.1, 0.15) is 11.8 Å². The van der Waals surface area contributed by atoms with Crippen molar-refractivity contribution in [2.24, 2.45) is 0 Å². The van der Waals surface area contributed by atoms with Crippen LogP contribution in [0.3, 0.4) is 0 Å². The van der Waals surface area contributed by atoms with Crippen molar-refractivity contribution in [3.8, 4) is 5.75 Å². The summed E-state index contributed by atoms with van der Waals surface area (Å²) in [7, 11) is 0. The number of imide groups is 1. The lowest BCUT2D eigenvalue weighted by molar-refractivity contribution is -0.125. The number of nitrogens with zero attached hydrogens (tertiary/aromatic N) is 3. The molecule has 8 nitrogen and oxygen atoms in total. The van der Waals surface area contributed by atoms with E-state index in [1.54, 1.807) is 6.07 Å². The third-order valence-corrected chi connectivity index (χ3v) is 12.1. The number of aromatic hydroxyl groups is 1. The number of unbranched alkanes of at least 4 members (excludes halogenated alkanes) is 3. The number of phenols is 1. The van der Waals surface area contributed by atoms with Crippen molar-refractivity contribution in [1.29, 1.82) is 0 Å². The van der Waals surface area contributed by atoms with Gasteiger partial charge in [-0.15, -0.1) is 0 Å². The molecule has 4 aromatic rings. The van der Waals surface area contributed by atoms with Gasteiger partial charge in [0.05, 0.1) is 11.1 Å². The van der Waals surface area contributed by atoms with Crippen LogP contribution in [0.25, 0.3) is 0 Å². The predicted octanol–water partition coefficient (Wildman–Crippen LogP) is 7.57. The fraction of sp³-hybridized carbons (Fsp3) is 0.370. The number of nitrogens with one attached hydrogen (secondary N) is 1. The van der Waals surface area contributed by atoms with Crippen LogP contribution in [0.15, 0.2) is 103 Å². The second-order valence-corrected chi connectivity index (χ2v) is 15.5. The maximum atomic E-state index is 13.3. The van der Waals surface area contributed by atoms with E-state index in [4.69, 9.17) is 0 Å². The van der Waals surface area contributed by atoms with Crippen LogP contribution in [-0.4, -0.2) is 71.4 Å². The quantitative estimate of drug-likeness (QED) is 0.123. The first-order valence-corrected chi connectivity index (χ1v) is 19.8. The molecule has 3 heterocycles. The van der Waals surface area contributed by atoms with Gasteiger partial charge in [0.25, 0.3) is 11.8 Å². The molecular formula is C46H50N4O4. The Morgan fingerprint density at radius 3 is 2.26 bits per heavy atom. The lowest BCUT2D eigenvalue weighted by Gasteiger charge is -2.36. The SMILES string of the molecule is C=C1CCC(N2C(=O)c3ccc(N4CCN(CCCCCCc5ccc([C@@H]6c7ccc(O)cc7CC[C@@H]6c6ccccc6)cc5)CC4)cc3C2=O)C(=O)N1. The zero-order valence-corrected chi connectivity index (χ0v) is 31.0. The Kier molecular flexibility index (Phi) is 10.4. The van der Waals surface area contributed by atoms with Crippen LogP contribution in [0.2, 0.25) is 0 Å². The van der Waals surface area contributed by atoms with Gasteiger partial charge in [-0.25, -0.2) is 0 Å². The number of aryl methyl sites for hydroxylation is 2. The number of carbonyl (C=O) groups is 3. The molecule has 3 atom stereocenters. The normalized spacial score (nSPS) is 21.6. The molecule has 54 heavy (non-hydrogen) atoms. The number of hydrogen-bond donors (Lipinski definition) is 2. The highest BCUT2D eigenvalue weighted by Gasteiger charge is 2.44. The summed E-state index contributed by atoms with van der Waals surface area (Å²) < 4.78 is 0. The van der Waals surface area contributed by atoms with Gasteiger partial charge in [0.2, 0.25) is 5.91 Å². The molecule has 2 saturated heterocycles. The molecule has 0 bridgehead atoms. The monoisotopic (exact) mass is 722 g/mol. The summed E-state index contributed by atoms with van der Waals surface area (Å²) in [6.07, 6.45) is 8.90. The van der Waals surface area contributed by atoms with Crippen molar-refractivity contribution in [2.75, 3.05) is 37.6 Å². The van der Waals surface area contributed by atoms with E-state index in [0.717, 1.165) is 62.6 Å². The Balaban J connectivity index is 0.783. The van der Waals surface area contributed by atoms with E-state index in [0.29, 0.717) is 41.3 Å². The van der Waals surface area contributed by atoms with Crippen molar-refractivity contribution in [2.45, 2.75) is 75.7 Å². The maximum absolute atomic E-state index is 13.3. The van der Waals surface area contributed by atoms with Gasteiger partial charge in [-0.2, -0.15) is 0 Å². The largest absolute Gasteiger partial charge is 0.508 e. The highest BCUT2D eigenvalue weighted by Crippen LogP contribution is 2.47. The molecule has 8 heteroatoms. The van der Waals surface area contributed by atoms with Crippen molar-refractivity contribution in [1.82, 2.24) is 15.1 Å². The minimum Gasteiger partial charge on any atom is -0.508 e. The highest BCUT2D eigenvalue weighted by atomic mass is 16.3. The highest BCUT2D eigenvalue weighted by molar-refractivity contribution is 6.23. The van der Waals surface area contributed by atoms with Crippen LogP contribution >= 0.6 is 0 Å². The van der Waals surface area contributed by atoms with Gasteiger partial charge in [-0.05, 0) is 116 Å². The Morgan fingerprint density at radius 1 is 0.722 bits per heavy atom. The third kappa shape index (κ3) is 7.32. The van der Waals surface area contributed by atoms with Crippen LogP contribution in [0.5, 0.6) is 5.75 Å². The molecule has 0 spiro atoms. The molecule has 3 aliphatic heterocycles. The van der Waals surface area contributed by atoms with Crippen molar-refractivity contribution >= 4 is 23.4 Å². The number of benzene rings is 4. The Bertz CT molecular complexity index is 2040. The molecule has 1 unspecified atom stereocenters. The van der Waals surface area contributed by atoms with Gasteiger partial charge >= 0.3 is 0 Å². The molecule has 278 valence electrons. The maximum Gasteiger partial charge on any atom is 0.262 e. The summed E-state index contributed by atoms with van der Waals surface area (Å²) in [6.45, 7) is 8.56. The molecule has 4 aromatic carbocycles. The van der Waals surface area contributed by atoms with E-state index in [9.17, 15) is 19.5 Å². The second kappa shape index (κ2) is 15.6. The summed E-state index contributed by atoms with van der Waals surface area (Å²) in [5.74, 6) is -0.0711. The number of hydrogen-bond acceptors (Lipinski definition) is 6. The number of rotatable bonds is 11. The minimum absolute atomic E-state index is 0.278. The number of allylic oxidation sites excluding steroid dienone is 1. The lowest BCUT2D eigenvalue weighted by atomic mass is 9.69. The first kappa shape index (κ1) is 35.8. The number of piperidine rings is 1. The number of anilines is 1. The van der Waals surface area contributed by atoms with Crippen LogP contribution in [0, 0.1) is 0 Å². The van der Waals surface area contributed by atoms with Gasteiger partial charge in [0, 0.05) is 43.5 Å². The number of carbonyl (C=O) groups excluding carboxylic acids is 3. The average molecular weight is 723 g/mol. The minimum atomic E-state index is -0.793. The topological polar surface area (TPSA) is 93.2 Å². The summed E-state index contributed by atoms with van der Waals surface area (Å²) >= 11 is 0. The molecule has 2 fully saturated rings. The molecule has 0 radical (unpaired) electrons. The predicted molar refractivity (Wildman–Crippen MR) is 212 cm³/mol. The van der Waals surface area contributed by atoms with Crippen LogP contribution < -0.4 is 10.2 Å². The molecule has 8 rings (SSSR count). The molecule has 3 amide bonds. The third-order valence-electron chi connectivity index (χ3n) is 12.1. The van der Waals surface area contributed by atoms with Crippen molar-refractivity contribution in [3.63, 3.8) is 0 Å². The molecule has 2 N–H and O–H groups in total. The first-order valence-electron chi connectivity index (χ1n) is 19.8. The summed E-state index contributed by atoms with van der Waals surface area (Å²) in [6, 6.07) is 30.8. The van der Waals surface area contributed by atoms with Gasteiger partial charge in [0.15, 0.2) is 0 Å². The van der Waals surface area contributed by atoms with Crippen LogP contribution in [0.4, 0.5) is 5.69 Å². The van der Waals surface area contributed by atoms with Gasteiger partial charge < -0.3 is 15.3 Å². The zero-order chi connectivity index (χ0) is 37.2. The van der Waals surface area contributed by atoms with E-state index in [1.165, 1.54) is 53.5 Å². The van der Waals surface area contributed by atoms with Gasteiger partial charge in [-0.1, -0.05) is 80.1 Å². The van der Waals surface area contributed by atoms with Crippen molar-refractivity contribution < 1.29 is 19.5 Å². The number of piperazine rings is 1. The van der Waals surface area contributed by atoms with Gasteiger partial charge in [-0.3, -0.25) is 24.2 Å². The molecule has 4 aliphatic rings. The van der Waals surface area contributed by atoms with E-state index in [-0.39, 0.29) is 17.7 Å². The number of amides is 3. The molecule has 1 aliphatic carbocycles. The second-order valence-electron chi connectivity index (χ2n) is 15.5. The van der Waals surface area contributed by atoms with Crippen molar-refractivity contribution in [3.05, 3.63) is 142 Å². The smallest absolute Gasteiger partial charge is 0.262 e. The number of fused-ring (bicyclic) bond motifs is 2. The van der Waals surface area contributed by atoms with E-state index >= 15 is 0 Å². The number of phenolic OH excluding ortho intramolecular Hbond substituents is 1. The Morgan fingerprint density at radius 2 is 1.48 bits per heavy atom. The molecule has 0 saturated carbocycles. The van der Waals surface area contributed by atoms with E-state index < -0.39 is 11.9 Å². The summed E-state index contributed by atoms with van der Waals surface area (Å²) in [5.41, 5.74) is 9.07. The fourth-order valence-electron chi connectivity index (χ4n) is 9.15. The Hall–Kier alpha value is -5.21. The van der Waals surface area contributed by atoms with E-state index in [1.807, 2.05) is 24.3 Å². The Labute approximate surface area is 318 Å². The van der Waals surface area contributed by atoms with Crippen LogP contribution in [0.1, 0.15) is 105 Å². The van der Waals surface area contributed by atoms with E-state index in [2.05, 4.69) is 82.4 Å². The fourth-order valence-corrected chi connectivity index (χ4v) is 9.15.